The summed E-state index contributed by atoms with van der Waals surface area (Å²) >= 11 is 6.42. The number of ether oxygens (including phenoxy) is 4. The molecule has 1 aliphatic heterocycles. The number of fused-ring (bicyclic) bond motifs is 4. The molecule has 5 rings (SSSR count). The summed E-state index contributed by atoms with van der Waals surface area (Å²) in [6.45, 7) is 3.42. The summed E-state index contributed by atoms with van der Waals surface area (Å²) in [6, 6.07) is 11.3. The Balaban J connectivity index is 1.31. The van der Waals surface area contributed by atoms with Crippen LogP contribution in [0.5, 0.6) is 23.0 Å². The number of hydroxylamine groups is 1. The molecule has 1 aromatic heterocycles. The highest BCUT2D eigenvalue weighted by Gasteiger charge is 2.40. The summed E-state index contributed by atoms with van der Waals surface area (Å²) in [5.41, 5.74) is 2.75. The maximum Gasteiger partial charge on any atom is 0.536 e. The first-order valence-electron chi connectivity index (χ1n) is 16.7. The van der Waals surface area contributed by atoms with Crippen molar-refractivity contribution in [2.45, 2.75) is 32.3 Å². The minimum Gasteiger partial charge on any atom is -0.493 e. The second-order valence-electron chi connectivity index (χ2n) is 13.1. The number of carbonyl (C=O) groups is 3. The number of anilines is 1. The van der Waals surface area contributed by atoms with Gasteiger partial charge in [0, 0.05) is 41.7 Å². The van der Waals surface area contributed by atoms with Crippen LogP contribution in [0.1, 0.15) is 42.7 Å². The van der Waals surface area contributed by atoms with Crippen molar-refractivity contribution >= 4 is 72.5 Å². The fourth-order valence-corrected chi connectivity index (χ4v) is 8.31. The number of hydrogen-bond acceptors (Lipinski definition) is 13. The summed E-state index contributed by atoms with van der Waals surface area (Å²) in [6.07, 6.45) is -0.920. The number of methoxy groups -OCH3 is 3. The molecule has 0 aliphatic carbocycles. The van der Waals surface area contributed by atoms with Gasteiger partial charge in [-0.1, -0.05) is 24.3 Å². The molecule has 19 nitrogen and oxygen atoms in total. The van der Waals surface area contributed by atoms with Crippen LogP contribution < -0.4 is 34.4 Å². The van der Waals surface area contributed by atoms with Crippen LogP contribution in [0.2, 0.25) is 0 Å². The number of nitrogens with one attached hydrogen (secondary N) is 3. The third-order valence-electron chi connectivity index (χ3n) is 8.07. The SMILES string of the molecule is COc1cc2cc(C(=O)N3C[C@@H](CCl)c4c3cc(OP(=O)(O)OP(=O)(O)OCCNC(=O)CONC(=O)OC(C)(C)C)c3ccccc43)[nH]c2c(OC)c1OC. The van der Waals surface area contributed by atoms with Crippen LogP contribution in [0.3, 0.4) is 0 Å². The molecule has 0 bridgehead atoms. The minimum atomic E-state index is -5.41. The molecule has 0 saturated carbocycles. The number of alkyl halides is 1. The van der Waals surface area contributed by atoms with Crippen molar-refractivity contribution in [2.24, 2.45) is 0 Å². The predicted molar refractivity (Wildman–Crippen MR) is 203 cm³/mol. The molecule has 4 aromatic rings. The summed E-state index contributed by atoms with van der Waals surface area (Å²) in [7, 11) is -6.30. The Morgan fingerprint density at radius 1 is 0.964 bits per heavy atom. The van der Waals surface area contributed by atoms with Gasteiger partial charge >= 0.3 is 21.7 Å². The molecule has 1 aliphatic rings. The van der Waals surface area contributed by atoms with Crippen molar-refractivity contribution in [3.8, 4) is 23.0 Å². The van der Waals surface area contributed by atoms with Gasteiger partial charge < -0.3 is 43.6 Å². The number of phosphoric acid groups is 2. The second kappa shape index (κ2) is 17.3. The van der Waals surface area contributed by atoms with Crippen molar-refractivity contribution in [2.75, 3.05) is 58.4 Å². The standard InChI is InChI=1S/C34H41ClN4O15P2/c1-34(2,3)52-33(42)38-50-18-27(40)36-11-12-51-55(43,44)54-56(45,46)53-25-15-24-28(22-10-8-7-9-21(22)25)20(16-35)17-39(24)32(41)23-13-19-14-26(47-4)30(48-5)31(49-6)29(19)37-23/h7-10,13-15,20,37H,11-12,16-18H2,1-6H3,(H,36,40)(H,38,42)(H,43,44)(H,45,46)/t20-/m1/s1. The number of aromatic nitrogens is 1. The highest BCUT2D eigenvalue weighted by Crippen LogP contribution is 2.61. The van der Waals surface area contributed by atoms with E-state index < -0.39 is 52.4 Å². The maximum absolute atomic E-state index is 14.2. The highest BCUT2D eigenvalue weighted by atomic mass is 35.5. The van der Waals surface area contributed by atoms with Crippen LogP contribution in [0, 0.1) is 0 Å². The van der Waals surface area contributed by atoms with Crippen LogP contribution in [0.15, 0.2) is 42.5 Å². The number of rotatable bonds is 16. The lowest BCUT2D eigenvalue weighted by Gasteiger charge is -2.21. The quantitative estimate of drug-likeness (QED) is 0.0404. The normalized spacial score (nSPS) is 16.1. The Morgan fingerprint density at radius 3 is 2.30 bits per heavy atom. The number of carbonyl (C=O) groups excluding carboxylic acids is 3. The molecular weight excluding hydrogens is 802 g/mol. The van der Waals surface area contributed by atoms with Gasteiger partial charge in [-0.2, -0.15) is 9.79 Å². The Bertz CT molecular complexity index is 2230. The van der Waals surface area contributed by atoms with E-state index in [1.54, 1.807) is 57.2 Å². The lowest BCUT2D eigenvalue weighted by atomic mass is 9.95. The minimum absolute atomic E-state index is 0.124. The molecule has 0 saturated heterocycles. The summed E-state index contributed by atoms with van der Waals surface area (Å²) in [5, 5.41) is 3.74. The first-order valence-corrected chi connectivity index (χ1v) is 20.3. The predicted octanol–water partition coefficient (Wildman–Crippen LogP) is 5.52. The number of hydrogen-bond donors (Lipinski definition) is 5. The Morgan fingerprint density at radius 2 is 1.66 bits per heavy atom. The molecular formula is C34H41ClN4O15P2. The number of aromatic amines is 1. The van der Waals surface area contributed by atoms with E-state index in [0.717, 1.165) is 0 Å². The van der Waals surface area contributed by atoms with Crippen LogP contribution in [-0.4, -0.2) is 91.8 Å². The maximum atomic E-state index is 14.2. The van der Waals surface area contributed by atoms with E-state index in [2.05, 4.69) is 14.6 Å². The molecule has 5 N–H and O–H groups in total. The zero-order valence-corrected chi connectivity index (χ0v) is 33.6. The molecule has 56 heavy (non-hydrogen) atoms. The van der Waals surface area contributed by atoms with Gasteiger partial charge in [-0.05, 0) is 43.9 Å². The second-order valence-corrected chi connectivity index (χ2v) is 16.4. The van der Waals surface area contributed by atoms with E-state index in [1.165, 1.54) is 32.3 Å². The lowest BCUT2D eigenvalue weighted by Crippen LogP contribution is -2.36. The van der Waals surface area contributed by atoms with Gasteiger partial charge in [0.05, 0.1) is 39.1 Å². The molecule has 304 valence electrons. The Hall–Kier alpha value is -4.58. The van der Waals surface area contributed by atoms with Crippen molar-refractivity contribution in [3.05, 3.63) is 53.7 Å². The van der Waals surface area contributed by atoms with Crippen LogP contribution >= 0.6 is 27.2 Å². The smallest absolute Gasteiger partial charge is 0.493 e. The van der Waals surface area contributed by atoms with Gasteiger partial charge in [0.25, 0.3) is 5.91 Å². The number of nitrogens with zero attached hydrogens (tertiary/aromatic N) is 1. The highest BCUT2D eigenvalue weighted by molar-refractivity contribution is 7.61. The topological polar surface area (TPSA) is 243 Å². The van der Waals surface area contributed by atoms with E-state index in [9.17, 15) is 33.3 Å². The van der Waals surface area contributed by atoms with Crippen LogP contribution in [0.4, 0.5) is 10.5 Å². The fourth-order valence-electron chi connectivity index (χ4n) is 5.97. The van der Waals surface area contributed by atoms with E-state index in [1.807, 2.05) is 5.48 Å². The largest absolute Gasteiger partial charge is 0.536 e. The molecule has 0 fully saturated rings. The zero-order chi connectivity index (χ0) is 41.0. The van der Waals surface area contributed by atoms with Crippen molar-refractivity contribution in [3.63, 3.8) is 0 Å². The van der Waals surface area contributed by atoms with Crippen molar-refractivity contribution in [1.82, 2.24) is 15.8 Å². The average molecular weight is 843 g/mol. The van der Waals surface area contributed by atoms with Gasteiger partial charge in [-0.15, -0.1) is 11.6 Å². The molecule has 3 amide bonds. The average Bonchev–Trinajstić information content (AvgIpc) is 3.72. The van der Waals surface area contributed by atoms with Crippen LogP contribution in [0.25, 0.3) is 21.7 Å². The third-order valence-corrected chi connectivity index (χ3v) is 11.0. The Kier molecular flexibility index (Phi) is 13.1. The molecule has 2 unspecified atom stereocenters. The number of phosphoric ester groups is 2. The fraction of sp³-hybridized carbons (Fsp3) is 0.382. The van der Waals surface area contributed by atoms with Gasteiger partial charge in [-0.25, -0.2) is 13.9 Å². The molecule has 3 atom stereocenters. The van der Waals surface area contributed by atoms with E-state index >= 15 is 0 Å². The van der Waals surface area contributed by atoms with Gasteiger partial charge in [-0.3, -0.25) is 23.8 Å². The van der Waals surface area contributed by atoms with Gasteiger partial charge in [0.2, 0.25) is 11.7 Å². The molecule has 2 heterocycles. The summed E-state index contributed by atoms with van der Waals surface area (Å²) in [4.78, 5) is 67.9. The summed E-state index contributed by atoms with van der Waals surface area (Å²) < 4.78 is 62.0. The molecule has 0 radical (unpaired) electrons. The molecule has 3 aromatic carbocycles. The molecule has 0 spiro atoms. The Labute approximate surface area is 325 Å². The van der Waals surface area contributed by atoms with Crippen molar-refractivity contribution < 1.29 is 70.4 Å². The van der Waals surface area contributed by atoms with E-state index in [-0.39, 0.29) is 36.3 Å². The monoisotopic (exact) mass is 842 g/mol. The van der Waals surface area contributed by atoms with E-state index in [0.29, 0.717) is 50.2 Å². The van der Waals surface area contributed by atoms with Gasteiger partial charge in [0.15, 0.2) is 18.1 Å². The summed E-state index contributed by atoms with van der Waals surface area (Å²) in [5.74, 6) is -0.688. The third kappa shape index (κ3) is 9.86. The number of halogens is 1. The zero-order valence-electron chi connectivity index (χ0n) is 31.1. The number of H-pyrrole nitrogens is 1. The van der Waals surface area contributed by atoms with Gasteiger partial charge in [0.1, 0.15) is 17.0 Å². The molecule has 22 heteroatoms. The first-order chi connectivity index (χ1) is 26.4. The van der Waals surface area contributed by atoms with Crippen LogP contribution in [-0.2, 0) is 32.3 Å². The number of amides is 3. The van der Waals surface area contributed by atoms with E-state index in [4.69, 9.17) is 44.4 Å². The lowest BCUT2D eigenvalue weighted by molar-refractivity contribution is -0.128. The van der Waals surface area contributed by atoms with Crippen molar-refractivity contribution in [1.29, 1.82) is 0 Å². The number of benzene rings is 3. The first kappa shape index (κ1) is 42.6.